The molecule has 0 aromatic rings. The largest absolute Gasteiger partial charge is 0.481 e. The van der Waals surface area contributed by atoms with Crippen molar-refractivity contribution in [3.63, 3.8) is 0 Å². The molecule has 1 unspecified atom stereocenters. The minimum atomic E-state index is -1.16. The van der Waals surface area contributed by atoms with Crippen LogP contribution in [0.2, 0.25) is 0 Å². The summed E-state index contributed by atoms with van der Waals surface area (Å²) in [4.78, 5) is 81.4. The molecule has 0 bridgehead atoms. The Morgan fingerprint density at radius 2 is 0.785 bits per heavy atom. The molecule has 0 aromatic carbocycles. The highest BCUT2D eigenvalue weighted by atomic mass is 31.0. The van der Waals surface area contributed by atoms with E-state index in [4.69, 9.17) is 29.2 Å². The molecule has 3 atom stereocenters. The minimum absolute atomic E-state index is 0.0104. The lowest BCUT2D eigenvalue weighted by Gasteiger charge is -2.14. The van der Waals surface area contributed by atoms with Gasteiger partial charge in [-0.3, -0.25) is 33.9 Å². The van der Waals surface area contributed by atoms with Gasteiger partial charge in [0.25, 0.3) is 0 Å². The van der Waals surface area contributed by atoms with Crippen LogP contribution in [-0.2, 0) is 52.5 Å². The molecule has 0 aliphatic rings. The fourth-order valence-corrected chi connectivity index (χ4v) is 6.90. The number of rotatable bonds is 49. The Labute approximate surface area is 389 Å². The topological polar surface area (TPSA) is 277 Å². The van der Waals surface area contributed by atoms with E-state index in [1.54, 1.807) is 0 Å². The van der Waals surface area contributed by atoms with Crippen LogP contribution in [0.4, 0.5) is 0 Å². The van der Waals surface area contributed by atoms with Crippen molar-refractivity contribution >= 4 is 50.9 Å². The molecule has 4 amide bonds. The maximum atomic E-state index is 12.4. The molecule has 0 radical (unpaired) electrons. The van der Waals surface area contributed by atoms with E-state index in [1.807, 2.05) is 0 Å². The molecule has 0 saturated heterocycles. The predicted octanol–water partition coefficient (Wildman–Crippen LogP) is 4.64. The molecule has 0 saturated carbocycles. The van der Waals surface area contributed by atoms with Crippen molar-refractivity contribution in [1.82, 2.24) is 26.4 Å². The maximum Gasteiger partial charge on any atom is 0.326 e. The van der Waals surface area contributed by atoms with E-state index in [2.05, 4.69) is 35.7 Å². The molecule has 19 nitrogen and oxygen atoms in total. The SMILES string of the molecule is O=C(O)CCCCCCCCCCCCCCCCCCC(=O)N[C@@H](CCC(=O)NCCCOCCOCCOCCCNC(=O)COCC(=O)NCCCC[C@H](NP)C(=O)O)C(=O)O. The van der Waals surface area contributed by atoms with Gasteiger partial charge in [0.15, 0.2) is 0 Å². The van der Waals surface area contributed by atoms with Gasteiger partial charge >= 0.3 is 17.9 Å². The van der Waals surface area contributed by atoms with E-state index < -0.39 is 30.0 Å². The summed E-state index contributed by atoms with van der Waals surface area (Å²) in [5.74, 6) is -4.08. The van der Waals surface area contributed by atoms with Crippen molar-refractivity contribution in [3.8, 4) is 0 Å². The first-order valence-electron chi connectivity index (χ1n) is 24.0. The predicted molar refractivity (Wildman–Crippen MR) is 249 cm³/mol. The van der Waals surface area contributed by atoms with E-state index >= 15 is 0 Å². The maximum absolute atomic E-state index is 12.4. The molecule has 0 heterocycles. The highest BCUT2D eigenvalue weighted by Gasteiger charge is 2.21. The number of aliphatic carboxylic acids is 3. The number of hydrogen-bond donors (Lipinski definition) is 8. The Morgan fingerprint density at radius 1 is 0.385 bits per heavy atom. The Morgan fingerprint density at radius 3 is 1.22 bits per heavy atom. The normalized spacial score (nSPS) is 12.0. The van der Waals surface area contributed by atoms with Crippen LogP contribution in [0.3, 0.4) is 0 Å². The van der Waals surface area contributed by atoms with Crippen LogP contribution >= 0.6 is 9.39 Å². The van der Waals surface area contributed by atoms with Gasteiger partial charge in [0, 0.05) is 52.1 Å². The number of carbonyl (C=O) groups excluding carboxylic acids is 4. The molecular weight excluding hydrogens is 865 g/mol. The van der Waals surface area contributed by atoms with Gasteiger partial charge in [0.1, 0.15) is 25.3 Å². The number of carboxylic acid groups (broad SMARTS) is 3. The van der Waals surface area contributed by atoms with Crippen LogP contribution < -0.4 is 26.4 Å². The molecule has 20 heteroatoms. The van der Waals surface area contributed by atoms with Gasteiger partial charge in [0.2, 0.25) is 23.6 Å². The highest BCUT2D eigenvalue weighted by molar-refractivity contribution is 7.13. The molecule has 8 N–H and O–H groups in total. The van der Waals surface area contributed by atoms with Crippen molar-refractivity contribution < 1.29 is 67.8 Å². The van der Waals surface area contributed by atoms with Crippen LogP contribution in [0, 0.1) is 0 Å². The number of nitrogens with one attached hydrogen (secondary N) is 5. The van der Waals surface area contributed by atoms with E-state index in [0.717, 1.165) is 38.5 Å². The second-order valence-corrected chi connectivity index (χ2v) is 16.5. The summed E-state index contributed by atoms with van der Waals surface area (Å²) in [6.45, 7) is 3.00. The fraction of sp³-hybridized carbons (Fsp3) is 0.844. The summed E-state index contributed by atoms with van der Waals surface area (Å²) >= 11 is 0. The van der Waals surface area contributed by atoms with E-state index in [1.165, 1.54) is 57.8 Å². The van der Waals surface area contributed by atoms with Crippen molar-refractivity contribution in [2.24, 2.45) is 0 Å². The molecule has 0 aliphatic heterocycles. The average molecular weight is 950 g/mol. The monoisotopic (exact) mass is 950 g/mol. The fourth-order valence-electron chi connectivity index (χ4n) is 6.59. The first kappa shape index (κ1) is 61.5. The van der Waals surface area contributed by atoms with Gasteiger partial charge in [-0.25, -0.2) is 4.79 Å². The zero-order valence-corrected chi connectivity index (χ0v) is 40.2. The van der Waals surface area contributed by atoms with Crippen LogP contribution in [0.25, 0.3) is 0 Å². The van der Waals surface area contributed by atoms with Gasteiger partial charge in [0.05, 0.1) is 26.4 Å². The average Bonchev–Trinajstić information content (AvgIpc) is 3.26. The van der Waals surface area contributed by atoms with Crippen LogP contribution in [0.15, 0.2) is 0 Å². The van der Waals surface area contributed by atoms with Gasteiger partial charge in [-0.1, -0.05) is 99.3 Å². The van der Waals surface area contributed by atoms with Gasteiger partial charge in [-0.2, -0.15) is 0 Å². The first-order valence-corrected chi connectivity index (χ1v) is 24.6. The summed E-state index contributed by atoms with van der Waals surface area (Å²) < 4.78 is 21.6. The Hall–Kier alpha value is -3.48. The summed E-state index contributed by atoms with van der Waals surface area (Å²) in [7, 11) is 2.19. The smallest absolute Gasteiger partial charge is 0.326 e. The number of unbranched alkanes of at least 4 members (excludes halogenated alkanes) is 16. The third-order valence-corrected chi connectivity index (χ3v) is 10.8. The third-order valence-electron chi connectivity index (χ3n) is 10.4. The number of carbonyl (C=O) groups is 7. The zero-order chi connectivity index (χ0) is 48.0. The van der Waals surface area contributed by atoms with Crippen molar-refractivity contribution in [2.75, 3.05) is 72.5 Å². The zero-order valence-electron chi connectivity index (χ0n) is 39.0. The summed E-state index contributed by atoms with van der Waals surface area (Å²) in [6, 6.07) is -1.76. The summed E-state index contributed by atoms with van der Waals surface area (Å²) in [5.41, 5.74) is 0. The second kappa shape index (κ2) is 45.7. The lowest BCUT2D eigenvalue weighted by Crippen LogP contribution is -2.41. The van der Waals surface area contributed by atoms with Crippen LogP contribution in [-0.4, -0.2) is 141 Å². The van der Waals surface area contributed by atoms with Gasteiger partial charge < -0.3 is 55.5 Å². The van der Waals surface area contributed by atoms with E-state index in [0.29, 0.717) is 97.8 Å². The standard InChI is InChI=1S/C45H84N5O14P/c51-39(25-24-37(44(57)58)49-40(52)22-15-13-11-9-7-5-3-1-2-4-6-8-10-12-14-16-23-43(55)56)46-27-19-29-61-31-33-63-34-32-62-30-20-28-48-42(54)36-64-35-41(53)47-26-18-17-21-38(50-65)45(59)60/h37-38,50H,1-36,65H2,(H,46,51)(H,47,53)(H,48,54)(H,49,52)(H,55,56)(H,57,58)(H,59,60)/t37-,38-/m0/s1. The van der Waals surface area contributed by atoms with Crippen molar-refractivity contribution in [3.05, 3.63) is 0 Å². The minimum Gasteiger partial charge on any atom is -0.481 e. The number of carboxylic acids is 3. The van der Waals surface area contributed by atoms with Gasteiger partial charge in [-0.15, -0.1) is 0 Å². The lowest BCUT2D eigenvalue weighted by atomic mass is 10.0. The number of hydrogen-bond acceptors (Lipinski definition) is 12. The molecule has 0 aliphatic carbocycles. The number of amides is 4. The lowest BCUT2D eigenvalue weighted by molar-refractivity contribution is -0.142. The quantitative estimate of drug-likeness (QED) is 0.0305. The highest BCUT2D eigenvalue weighted by Crippen LogP contribution is 2.14. The summed E-state index contributed by atoms with van der Waals surface area (Å²) in [5, 5.41) is 40.5. The van der Waals surface area contributed by atoms with Crippen LogP contribution in [0.5, 0.6) is 0 Å². The first-order chi connectivity index (χ1) is 31.5. The molecular formula is C45H84N5O14P. The molecule has 378 valence electrons. The molecule has 0 aromatic heterocycles. The molecule has 0 rings (SSSR count). The second-order valence-electron chi connectivity index (χ2n) is 16.2. The Bertz CT molecular complexity index is 1270. The van der Waals surface area contributed by atoms with Gasteiger partial charge in [-0.05, 0) is 51.4 Å². The van der Waals surface area contributed by atoms with Crippen LogP contribution in [0.1, 0.15) is 161 Å². The Kier molecular flexibility index (Phi) is 43.2. The molecule has 0 spiro atoms. The summed E-state index contributed by atoms with van der Waals surface area (Å²) in [6.07, 6.45) is 21.3. The van der Waals surface area contributed by atoms with Crippen molar-refractivity contribution in [1.29, 1.82) is 0 Å². The van der Waals surface area contributed by atoms with Crippen molar-refractivity contribution in [2.45, 2.75) is 173 Å². The molecule has 0 fully saturated rings. The third kappa shape index (κ3) is 44.1. The number of ether oxygens (including phenoxy) is 4. The van der Waals surface area contributed by atoms with E-state index in [9.17, 15) is 38.7 Å². The van der Waals surface area contributed by atoms with E-state index in [-0.39, 0.29) is 62.5 Å². The molecule has 65 heavy (non-hydrogen) atoms. The Balaban J connectivity index is 3.60.